The van der Waals surface area contributed by atoms with Crippen LogP contribution in [-0.2, 0) is 14.4 Å². The van der Waals surface area contributed by atoms with Crippen molar-refractivity contribution in [3.63, 3.8) is 0 Å². The first-order valence-corrected chi connectivity index (χ1v) is 13.2. The third kappa shape index (κ3) is 2.97. The minimum absolute atomic E-state index is 0.116. The van der Waals surface area contributed by atoms with Crippen molar-refractivity contribution < 1.29 is 24.0 Å². The van der Waals surface area contributed by atoms with Gasteiger partial charge in [0.25, 0.3) is 17.7 Å². The molecule has 39 heavy (non-hydrogen) atoms. The van der Waals surface area contributed by atoms with E-state index in [1.54, 1.807) is 19.1 Å². The molecule has 4 aliphatic rings. The van der Waals surface area contributed by atoms with Crippen molar-refractivity contribution >= 4 is 63.2 Å². The van der Waals surface area contributed by atoms with Crippen molar-refractivity contribution in [3.8, 4) is 0 Å². The second-order valence-corrected chi connectivity index (χ2v) is 10.8. The highest BCUT2D eigenvalue weighted by atomic mass is 16.2. The summed E-state index contributed by atoms with van der Waals surface area (Å²) in [5.74, 6) is -2.68. The summed E-state index contributed by atoms with van der Waals surface area (Å²) in [6.07, 6.45) is 7.55. The lowest BCUT2D eigenvalue weighted by atomic mass is 9.67. The van der Waals surface area contributed by atoms with Gasteiger partial charge in [-0.25, -0.2) is 0 Å². The SMILES string of the molecule is CCN1C(=O)C2=CC=c3c4c(c5ccc6c7c(ccc3c57)C(=O)N(CC(=O)NC(C)C)C6=O)C=CC(C1=O)C24. The molecule has 2 aliphatic heterocycles. The predicted octanol–water partition coefficient (Wildman–Crippen LogP) is 2.67. The molecular weight excluding hydrogens is 494 g/mol. The van der Waals surface area contributed by atoms with Gasteiger partial charge in [0.1, 0.15) is 6.54 Å². The molecule has 0 saturated carbocycles. The Hall–Kier alpha value is -4.59. The Morgan fingerprint density at radius 2 is 1.59 bits per heavy atom. The largest absolute Gasteiger partial charge is 0.352 e. The highest BCUT2D eigenvalue weighted by Gasteiger charge is 2.47. The molecule has 194 valence electrons. The smallest absolute Gasteiger partial charge is 0.261 e. The van der Waals surface area contributed by atoms with E-state index in [1.807, 2.05) is 50.3 Å². The average molecular weight is 520 g/mol. The average Bonchev–Trinajstić information content (AvgIpc) is 2.91. The Kier molecular flexibility index (Phi) is 4.80. The van der Waals surface area contributed by atoms with Crippen LogP contribution in [0.15, 0.2) is 42.0 Å². The minimum atomic E-state index is -0.503. The number of piperidine rings is 1. The summed E-state index contributed by atoms with van der Waals surface area (Å²) in [6.45, 7) is 5.40. The zero-order chi connectivity index (χ0) is 27.3. The molecule has 3 aromatic carbocycles. The van der Waals surface area contributed by atoms with E-state index in [2.05, 4.69) is 5.32 Å². The topological polar surface area (TPSA) is 104 Å². The number of rotatable bonds is 4. The van der Waals surface area contributed by atoms with Crippen LogP contribution < -0.4 is 10.5 Å². The Morgan fingerprint density at radius 3 is 2.26 bits per heavy atom. The van der Waals surface area contributed by atoms with Gasteiger partial charge in [0.2, 0.25) is 11.8 Å². The van der Waals surface area contributed by atoms with Crippen molar-refractivity contribution in [2.45, 2.75) is 32.7 Å². The number of benzene rings is 3. The number of fused-ring (bicyclic) bond motifs is 2. The molecule has 8 nitrogen and oxygen atoms in total. The molecule has 5 amide bonds. The fraction of sp³-hybridized carbons (Fsp3) is 0.258. The normalized spacial score (nSPS) is 21.1. The quantitative estimate of drug-likeness (QED) is 0.534. The van der Waals surface area contributed by atoms with Crippen LogP contribution in [0.2, 0.25) is 0 Å². The Balaban J connectivity index is 1.47. The number of likely N-dealkylation sites (N-methyl/N-ethyl adjacent to an activating group) is 1. The second-order valence-electron chi connectivity index (χ2n) is 10.8. The number of imide groups is 2. The van der Waals surface area contributed by atoms with Crippen LogP contribution in [-0.4, -0.2) is 58.5 Å². The zero-order valence-electron chi connectivity index (χ0n) is 21.7. The molecule has 2 unspecified atom stereocenters. The van der Waals surface area contributed by atoms with Gasteiger partial charge in [0.15, 0.2) is 0 Å². The van der Waals surface area contributed by atoms with E-state index in [4.69, 9.17) is 0 Å². The summed E-state index contributed by atoms with van der Waals surface area (Å²) in [5, 5.41) is 6.73. The van der Waals surface area contributed by atoms with E-state index in [0.29, 0.717) is 28.6 Å². The third-order valence-electron chi connectivity index (χ3n) is 8.29. The van der Waals surface area contributed by atoms with Crippen LogP contribution >= 0.6 is 0 Å². The standard InChI is InChI=1S/C31H25N3O5/c1-4-33-28(36)19-9-5-15-17-7-11-21-27-22(31(39)34(30(21)38)13-23(35)32-14(2)3)12-8-18(25(17)27)16-6-10-20(29(33)37)26(19)24(15)16/h5-12,14,19,26H,4,13H2,1-3H3,(H,32,35). The van der Waals surface area contributed by atoms with Gasteiger partial charge in [-0.1, -0.05) is 36.4 Å². The van der Waals surface area contributed by atoms with Gasteiger partial charge in [-0.05, 0) is 65.4 Å². The third-order valence-corrected chi connectivity index (χ3v) is 8.29. The Labute approximate surface area is 223 Å². The molecular formula is C31H25N3O5. The Morgan fingerprint density at radius 1 is 0.897 bits per heavy atom. The molecule has 3 aromatic rings. The number of likely N-dealkylation sites (tertiary alicyclic amines) is 1. The van der Waals surface area contributed by atoms with Gasteiger partial charge in [0.05, 0.1) is 5.92 Å². The highest BCUT2D eigenvalue weighted by molar-refractivity contribution is 6.31. The number of carbonyl (C=O) groups excluding carboxylic acids is 5. The first-order chi connectivity index (χ1) is 18.7. The van der Waals surface area contributed by atoms with E-state index < -0.39 is 23.6 Å². The predicted molar refractivity (Wildman–Crippen MR) is 146 cm³/mol. The van der Waals surface area contributed by atoms with Crippen molar-refractivity contribution in [2.75, 3.05) is 13.1 Å². The van der Waals surface area contributed by atoms with Crippen LogP contribution in [0.1, 0.15) is 58.5 Å². The van der Waals surface area contributed by atoms with Crippen molar-refractivity contribution in [2.24, 2.45) is 5.92 Å². The van der Waals surface area contributed by atoms with Crippen molar-refractivity contribution in [1.29, 1.82) is 0 Å². The van der Waals surface area contributed by atoms with Crippen molar-refractivity contribution in [1.82, 2.24) is 15.1 Å². The van der Waals surface area contributed by atoms with Crippen LogP contribution in [0.25, 0.3) is 33.7 Å². The number of amides is 5. The molecule has 1 N–H and O–H groups in total. The van der Waals surface area contributed by atoms with E-state index in [0.717, 1.165) is 37.4 Å². The maximum absolute atomic E-state index is 13.5. The summed E-state index contributed by atoms with van der Waals surface area (Å²) >= 11 is 0. The molecule has 0 spiro atoms. The number of hydrogen-bond donors (Lipinski definition) is 1. The summed E-state index contributed by atoms with van der Waals surface area (Å²) in [4.78, 5) is 68.3. The Bertz CT molecular complexity index is 1820. The van der Waals surface area contributed by atoms with Gasteiger partial charge < -0.3 is 5.32 Å². The fourth-order valence-corrected chi connectivity index (χ4v) is 6.75. The lowest BCUT2D eigenvalue weighted by molar-refractivity contribution is -0.147. The summed E-state index contributed by atoms with van der Waals surface area (Å²) in [7, 11) is 0. The zero-order valence-corrected chi connectivity index (χ0v) is 21.7. The molecule has 0 aromatic heterocycles. The number of hydrogen-bond acceptors (Lipinski definition) is 5. The number of nitrogens with zero attached hydrogens (tertiary/aromatic N) is 2. The number of nitrogens with one attached hydrogen (secondary N) is 1. The molecule has 1 saturated heterocycles. The fourth-order valence-electron chi connectivity index (χ4n) is 6.75. The molecule has 7 rings (SSSR count). The number of allylic oxidation sites excluding steroid dienone is 1. The van der Waals surface area contributed by atoms with Gasteiger partial charge in [-0.3, -0.25) is 33.8 Å². The second kappa shape index (κ2) is 7.96. The molecule has 0 radical (unpaired) electrons. The van der Waals surface area contributed by atoms with Crippen LogP contribution in [0.4, 0.5) is 0 Å². The summed E-state index contributed by atoms with van der Waals surface area (Å²) in [5.41, 5.74) is 3.19. The van der Waals surface area contributed by atoms with Crippen LogP contribution in [0, 0.1) is 5.92 Å². The monoisotopic (exact) mass is 519 g/mol. The molecule has 2 atom stereocenters. The highest BCUT2D eigenvalue weighted by Crippen LogP contribution is 2.47. The molecule has 2 heterocycles. The molecule has 0 bridgehead atoms. The summed E-state index contributed by atoms with van der Waals surface area (Å²) < 4.78 is 0. The molecule has 8 heteroatoms. The maximum Gasteiger partial charge on any atom is 0.261 e. The van der Waals surface area contributed by atoms with Gasteiger partial charge >= 0.3 is 0 Å². The first kappa shape index (κ1) is 23.5. The molecule has 1 fully saturated rings. The van der Waals surface area contributed by atoms with E-state index >= 15 is 0 Å². The van der Waals surface area contributed by atoms with Gasteiger partial charge in [-0.2, -0.15) is 0 Å². The first-order valence-electron chi connectivity index (χ1n) is 13.2. The minimum Gasteiger partial charge on any atom is -0.352 e. The van der Waals surface area contributed by atoms with Crippen LogP contribution in [0.3, 0.4) is 0 Å². The maximum atomic E-state index is 13.5. The van der Waals surface area contributed by atoms with Gasteiger partial charge in [0, 0.05) is 40.6 Å². The van der Waals surface area contributed by atoms with Gasteiger partial charge in [-0.15, -0.1) is 0 Å². The lowest BCUT2D eigenvalue weighted by Crippen LogP contribution is -2.51. The van der Waals surface area contributed by atoms with E-state index in [1.165, 1.54) is 4.90 Å². The van der Waals surface area contributed by atoms with E-state index in [9.17, 15) is 24.0 Å². The number of carbonyl (C=O) groups is 5. The van der Waals surface area contributed by atoms with E-state index in [-0.39, 0.29) is 30.3 Å². The van der Waals surface area contributed by atoms with Crippen LogP contribution in [0.5, 0.6) is 0 Å². The lowest BCUT2D eigenvalue weighted by Gasteiger charge is -2.41. The summed E-state index contributed by atoms with van der Waals surface area (Å²) in [6, 6.07) is 7.06. The molecule has 2 aliphatic carbocycles. The van der Waals surface area contributed by atoms with Crippen molar-refractivity contribution in [3.05, 3.63) is 69.5 Å².